The van der Waals surface area contributed by atoms with Gasteiger partial charge in [0.2, 0.25) is 0 Å². The summed E-state index contributed by atoms with van der Waals surface area (Å²) in [6, 6.07) is 10.4. The molecule has 25 heavy (non-hydrogen) atoms. The quantitative estimate of drug-likeness (QED) is 0.266. The minimum absolute atomic E-state index is 0.384. The van der Waals surface area contributed by atoms with E-state index in [1.807, 2.05) is 4.90 Å². The Bertz CT molecular complexity index is 802. The summed E-state index contributed by atoms with van der Waals surface area (Å²) in [5.74, 6) is 1.14. The zero-order valence-corrected chi connectivity index (χ0v) is 15.0. The first kappa shape index (κ1) is 18.8. The van der Waals surface area contributed by atoms with Gasteiger partial charge in [0.25, 0.3) is 0 Å². The Morgan fingerprint density at radius 2 is 1.76 bits per heavy atom. The predicted molar refractivity (Wildman–Crippen MR) is 103 cm³/mol. The Morgan fingerprint density at radius 1 is 1.12 bits per heavy atom. The fourth-order valence-corrected chi connectivity index (χ4v) is 2.55. The lowest BCUT2D eigenvalue weighted by Gasteiger charge is -2.24. The van der Waals surface area contributed by atoms with Gasteiger partial charge >= 0.3 is 6.21 Å². The van der Waals surface area contributed by atoms with Crippen LogP contribution in [0.3, 0.4) is 0 Å². The van der Waals surface area contributed by atoms with Crippen LogP contribution in [0.25, 0.3) is 5.53 Å². The van der Waals surface area contributed by atoms with Gasteiger partial charge in [-0.2, -0.15) is 4.79 Å². The zero-order chi connectivity index (χ0) is 18.2. The molecule has 4 nitrogen and oxygen atoms in total. The fraction of sp³-hybridized carbons (Fsp3) is 0.105. The van der Waals surface area contributed by atoms with E-state index >= 15 is 0 Å². The maximum absolute atomic E-state index is 8.77. The standard InChI is InChI=1S/C19H16Cl2N3O/c1-3-9-24(10-4-2)18-12-17(21)14(13-23-22)11-19(18)25-16-7-5-15(20)6-8-16/h3-8,11-12H,1-2,9-10H2. The van der Waals surface area contributed by atoms with Crippen molar-refractivity contribution < 1.29 is 9.53 Å². The average Bonchev–Trinajstić information content (AvgIpc) is 2.59. The van der Waals surface area contributed by atoms with Crippen LogP contribution in [0.2, 0.25) is 10.0 Å². The zero-order valence-electron chi connectivity index (χ0n) is 13.5. The van der Waals surface area contributed by atoms with Gasteiger partial charge in [-0.1, -0.05) is 35.4 Å². The van der Waals surface area contributed by atoms with Gasteiger partial charge in [0.15, 0.2) is 5.75 Å². The van der Waals surface area contributed by atoms with Crippen LogP contribution >= 0.6 is 23.2 Å². The van der Waals surface area contributed by atoms with E-state index in [-0.39, 0.29) is 0 Å². The molecule has 0 N–H and O–H groups in total. The van der Waals surface area contributed by atoms with Crippen LogP contribution in [0, 0.1) is 0 Å². The second-order valence-corrected chi connectivity index (χ2v) is 5.89. The maximum atomic E-state index is 8.77. The molecule has 0 heterocycles. The lowest BCUT2D eigenvalue weighted by molar-refractivity contribution is 0.00456. The highest BCUT2D eigenvalue weighted by Crippen LogP contribution is 2.37. The number of hydrogen-bond acceptors (Lipinski definition) is 2. The Kier molecular flexibility index (Phi) is 6.84. The second-order valence-electron chi connectivity index (χ2n) is 5.05. The van der Waals surface area contributed by atoms with Crippen LogP contribution in [0.5, 0.6) is 11.5 Å². The summed E-state index contributed by atoms with van der Waals surface area (Å²) in [6.45, 7) is 8.71. The van der Waals surface area contributed by atoms with Crippen LogP contribution in [0.1, 0.15) is 5.56 Å². The molecule has 127 valence electrons. The average molecular weight is 373 g/mol. The highest BCUT2D eigenvalue weighted by molar-refractivity contribution is 6.33. The van der Waals surface area contributed by atoms with E-state index in [4.69, 9.17) is 33.5 Å². The highest BCUT2D eigenvalue weighted by atomic mass is 35.5. The third-order valence-electron chi connectivity index (χ3n) is 3.30. The highest BCUT2D eigenvalue weighted by Gasteiger charge is 2.17. The number of anilines is 1. The van der Waals surface area contributed by atoms with E-state index in [1.165, 1.54) is 0 Å². The van der Waals surface area contributed by atoms with Gasteiger partial charge in [-0.15, -0.1) is 13.2 Å². The first-order valence-electron chi connectivity index (χ1n) is 7.42. The van der Waals surface area contributed by atoms with Crippen molar-refractivity contribution in [3.63, 3.8) is 0 Å². The second kappa shape index (κ2) is 9.09. The SMILES string of the molecule is C=CCN(CC=C)c1cc(Cl)c([C]=[N+]=[N-])cc1Oc1ccc(Cl)cc1. The third kappa shape index (κ3) is 4.97. The van der Waals surface area contributed by atoms with Gasteiger partial charge in [-0.05, 0) is 36.4 Å². The number of rotatable bonds is 8. The first-order chi connectivity index (χ1) is 12.1. The molecule has 2 aromatic carbocycles. The molecule has 0 atom stereocenters. The number of nitrogens with zero attached hydrogens (tertiary/aromatic N) is 3. The Balaban J connectivity index is 2.53. The van der Waals surface area contributed by atoms with Gasteiger partial charge in [0.05, 0.1) is 16.3 Å². The van der Waals surface area contributed by atoms with Crippen LogP contribution < -0.4 is 9.64 Å². The molecular weight excluding hydrogens is 357 g/mol. The molecule has 0 amide bonds. The Morgan fingerprint density at radius 3 is 2.32 bits per heavy atom. The summed E-state index contributed by atoms with van der Waals surface area (Å²) < 4.78 is 5.99. The Hall–Kier alpha value is -2.52. The van der Waals surface area contributed by atoms with Crippen molar-refractivity contribution in [1.82, 2.24) is 0 Å². The van der Waals surface area contributed by atoms with E-state index in [0.717, 1.165) is 5.69 Å². The third-order valence-corrected chi connectivity index (χ3v) is 3.86. The van der Waals surface area contributed by atoms with E-state index < -0.39 is 0 Å². The maximum Gasteiger partial charge on any atom is 0.412 e. The minimum atomic E-state index is 0.384. The molecule has 6 heteroatoms. The van der Waals surface area contributed by atoms with Gasteiger partial charge in [0, 0.05) is 18.1 Å². The van der Waals surface area contributed by atoms with E-state index in [0.29, 0.717) is 40.2 Å². The number of halogens is 2. The van der Waals surface area contributed by atoms with Crippen LogP contribution in [-0.4, -0.2) is 24.1 Å². The van der Waals surface area contributed by atoms with Crippen molar-refractivity contribution in [2.24, 2.45) is 0 Å². The van der Waals surface area contributed by atoms with Gasteiger partial charge in [0.1, 0.15) is 5.75 Å². The molecule has 1 radical (unpaired) electrons. The molecule has 2 aromatic rings. The lowest BCUT2D eigenvalue weighted by atomic mass is 10.1. The topological polar surface area (TPSA) is 48.9 Å². The summed E-state index contributed by atoms with van der Waals surface area (Å²) in [5.41, 5.74) is 9.93. The fourth-order valence-electron chi connectivity index (χ4n) is 2.22. The monoisotopic (exact) mass is 372 g/mol. The van der Waals surface area contributed by atoms with Crippen molar-refractivity contribution in [2.75, 3.05) is 18.0 Å². The Labute approximate surface area is 157 Å². The van der Waals surface area contributed by atoms with Crippen LogP contribution in [-0.2, 0) is 0 Å². The summed E-state index contributed by atoms with van der Waals surface area (Å²) >= 11 is 12.2. The predicted octanol–water partition coefficient (Wildman–Crippen LogP) is 5.49. The van der Waals surface area contributed by atoms with Crippen LogP contribution in [0.15, 0.2) is 61.7 Å². The molecule has 0 aliphatic heterocycles. The number of ether oxygens (including phenoxy) is 1. The molecule has 0 bridgehead atoms. The molecular formula is C19H16Cl2N3O. The van der Waals surface area contributed by atoms with E-state index in [9.17, 15) is 0 Å². The molecule has 0 aliphatic carbocycles. The smallest absolute Gasteiger partial charge is 0.412 e. The van der Waals surface area contributed by atoms with Crippen LogP contribution in [0.4, 0.5) is 5.69 Å². The normalized spacial score (nSPS) is 9.84. The minimum Gasteiger partial charge on any atom is -0.455 e. The van der Waals surface area contributed by atoms with Gasteiger partial charge < -0.3 is 15.2 Å². The molecule has 0 aromatic heterocycles. The molecule has 0 saturated carbocycles. The summed E-state index contributed by atoms with van der Waals surface area (Å²) in [4.78, 5) is 4.92. The molecule has 0 fully saturated rings. The van der Waals surface area contributed by atoms with Crippen molar-refractivity contribution in [1.29, 1.82) is 0 Å². The molecule has 0 unspecified atom stereocenters. The van der Waals surface area contributed by atoms with Crippen molar-refractivity contribution >= 4 is 35.1 Å². The molecule has 0 saturated heterocycles. The molecule has 0 spiro atoms. The molecule has 2 rings (SSSR count). The molecule has 0 aliphatic rings. The number of benzene rings is 2. The first-order valence-corrected chi connectivity index (χ1v) is 8.18. The van der Waals surface area contributed by atoms with Crippen molar-refractivity contribution in [3.8, 4) is 11.5 Å². The van der Waals surface area contributed by atoms with E-state index in [2.05, 4.69) is 24.2 Å². The van der Waals surface area contributed by atoms with Gasteiger partial charge in [-0.25, -0.2) is 0 Å². The largest absolute Gasteiger partial charge is 0.455 e. The summed E-state index contributed by atoms with van der Waals surface area (Å²) in [5, 5.41) is 0.999. The van der Waals surface area contributed by atoms with Crippen molar-refractivity contribution in [2.45, 2.75) is 0 Å². The lowest BCUT2D eigenvalue weighted by Crippen LogP contribution is -2.23. The summed E-state index contributed by atoms with van der Waals surface area (Å²) in [7, 11) is 0. The summed E-state index contributed by atoms with van der Waals surface area (Å²) in [6.07, 6.45) is 5.98. The van der Waals surface area contributed by atoms with Gasteiger partial charge in [-0.3, -0.25) is 0 Å². The number of hydrogen-bond donors (Lipinski definition) is 0. The van der Waals surface area contributed by atoms with Crippen molar-refractivity contribution in [3.05, 3.63) is 82.8 Å². The van der Waals surface area contributed by atoms with E-state index in [1.54, 1.807) is 48.6 Å².